The Morgan fingerprint density at radius 1 is 1.29 bits per heavy atom. The van der Waals surface area contributed by atoms with Crippen LogP contribution < -0.4 is 10.2 Å². The lowest BCUT2D eigenvalue weighted by atomic mass is 10.2. The van der Waals surface area contributed by atoms with Gasteiger partial charge in [0.25, 0.3) is 0 Å². The molecule has 1 heterocycles. The molecular weight excluding hydrogens is 212 g/mol. The van der Waals surface area contributed by atoms with Gasteiger partial charge in [-0.05, 0) is 13.3 Å². The lowest BCUT2D eigenvalue weighted by molar-refractivity contribution is 0.758. The summed E-state index contributed by atoms with van der Waals surface area (Å²) in [4.78, 5) is 11.3. The molecular formula is C13H24N4. The van der Waals surface area contributed by atoms with Gasteiger partial charge in [0.15, 0.2) is 0 Å². The van der Waals surface area contributed by atoms with Crippen molar-refractivity contribution in [2.75, 3.05) is 30.4 Å². The second-order valence-electron chi connectivity index (χ2n) is 4.58. The van der Waals surface area contributed by atoms with Crippen molar-refractivity contribution in [3.05, 3.63) is 11.9 Å². The molecule has 1 aromatic heterocycles. The molecule has 0 fully saturated rings. The van der Waals surface area contributed by atoms with Crippen LogP contribution in [-0.4, -0.2) is 30.1 Å². The second-order valence-corrected chi connectivity index (χ2v) is 4.58. The Morgan fingerprint density at radius 3 is 2.53 bits per heavy atom. The molecule has 1 N–H and O–H groups in total. The van der Waals surface area contributed by atoms with Crippen LogP contribution in [0.4, 0.5) is 11.6 Å². The first kappa shape index (κ1) is 13.7. The predicted molar refractivity (Wildman–Crippen MR) is 73.8 cm³/mol. The van der Waals surface area contributed by atoms with Crippen LogP contribution in [-0.2, 0) is 0 Å². The molecule has 0 aliphatic rings. The van der Waals surface area contributed by atoms with E-state index in [2.05, 4.69) is 54.9 Å². The van der Waals surface area contributed by atoms with Crippen LogP contribution in [0.15, 0.2) is 6.07 Å². The highest BCUT2D eigenvalue weighted by Gasteiger charge is 2.10. The van der Waals surface area contributed by atoms with Crippen molar-refractivity contribution in [2.45, 2.75) is 40.0 Å². The normalized spacial score (nSPS) is 10.7. The third-order valence-corrected chi connectivity index (χ3v) is 2.55. The number of hydrogen-bond acceptors (Lipinski definition) is 4. The molecule has 0 aliphatic carbocycles. The zero-order valence-corrected chi connectivity index (χ0v) is 11.6. The maximum Gasteiger partial charge on any atom is 0.135 e. The largest absolute Gasteiger partial charge is 0.370 e. The van der Waals surface area contributed by atoms with Gasteiger partial charge >= 0.3 is 0 Å². The van der Waals surface area contributed by atoms with E-state index < -0.39 is 0 Å². The predicted octanol–water partition coefficient (Wildman–Crippen LogP) is 2.88. The Balaban J connectivity index is 3.02. The smallest absolute Gasteiger partial charge is 0.135 e. The van der Waals surface area contributed by atoms with E-state index in [9.17, 15) is 0 Å². The van der Waals surface area contributed by atoms with Gasteiger partial charge in [-0.1, -0.05) is 20.8 Å². The summed E-state index contributed by atoms with van der Waals surface area (Å²) in [7, 11) is 2.08. The van der Waals surface area contributed by atoms with E-state index in [1.54, 1.807) is 0 Å². The fourth-order valence-corrected chi connectivity index (χ4v) is 1.63. The quantitative estimate of drug-likeness (QED) is 0.824. The van der Waals surface area contributed by atoms with Gasteiger partial charge in [-0.15, -0.1) is 0 Å². The first-order valence-electron chi connectivity index (χ1n) is 6.42. The van der Waals surface area contributed by atoms with E-state index in [-0.39, 0.29) is 0 Å². The number of rotatable bonds is 6. The Kier molecular flexibility index (Phi) is 5.19. The lowest BCUT2D eigenvalue weighted by Crippen LogP contribution is -2.20. The SMILES string of the molecule is CCCN(C)c1cc(NCC)nc(C(C)C)n1. The molecule has 96 valence electrons. The lowest BCUT2D eigenvalue weighted by Gasteiger charge is -2.19. The Labute approximate surface area is 104 Å². The van der Waals surface area contributed by atoms with Crippen LogP contribution in [0.5, 0.6) is 0 Å². The molecule has 1 aromatic rings. The van der Waals surface area contributed by atoms with Gasteiger partial charge in [-0.3, -0.25) is 0 Å². The van der Waals surface area contributed by atoms with Crippen molar-refractivity contribution in [3.63, 3.8) is 0 Å². The van der Waals surface area contributed by atoms with Crippen LogP contribution in [0.2, 0.25) is 0 Å². The summed E-state index contributed by atoms with van der Waals surface area (Å²) in [6, 6.07) is 2.02. The monoisotopic (exact) mass is 236 g/mol. The van der Waals surface area contributed by atoms with Crippen molar-refractivity contribution in [2.24, 2.45) is 0 Å². The number of hydrogen-bond donors (Lipinski definition) is 1. The molecule has 1 rings (SSSR count). The zero-order valence-electron chi connectivity index (χ0n) is 11.6. The van der Waals surface area contributed by atoms with Crippen LogP contribution in [0.25, 0.3) is 0 Å². The molecule has 0 amide bonds. The fraction of sp³-hybridized carbons (Fsp3) is 0.692. The highest BCUT2D eigenvalue weighted by atomic mass is 15.2. The minimum Gasteiger partial charge on any atom is -0.370 e. The Bertz CT molecular complexity index is 349. The summed E-state index contributed by atoms with van der Waals surface area (Å²) in [5, 5.41) is 3.26. The molecule has 4 heteroatoms. The topological polar surface area (TPSA) is 41.0 Å². The summed E-state index contributed by atoms with van der Waals surface area (Å²) in [6.45, 7) is 10.4. The molecule has 0 bridgehead atoms. The van der Waals surface area contributed by atoms with E-state index in [1.807, 2.05) is 6.07 Å². The maximum atomic E-state index is 4.61. The van der Waals surface area contributed by atoms with Gasteiger partial charge < -0.3 is 10.2 Å². The summed E-state index contributed by atoms with van der Waals surface area (Å²) < 4.78 is 0. The van der Waals surface area contributed by atoms with Gasteiger partial charge in [0.2, 0.25) is 0 Å². The molecule has 0 radical (unpaired) electrons. The van der Waals surface area contributed by atoms with Gasteiger partial charge in [0.05, 0.1) is 0 Å². The molecule has 4 nitrogen and oxygen atoms in total. The summed E-state index contributed by atoms with van der Waals surface area (Å²) in [5.74, 6) is 3.18. The molecule has 17 heavy (non-hydrogen) atoms. The van der Waals surface area contributed by atoms with E-state index in [0.29, 0.717) is 5.92 Å². The fourth-order valence-electron chi connectivity index (χ4n) is 1.63. The van der Waals surface area contributed by atoms with Gasteiger partial charge in [-0.2, -0.15) is 0 Å². The molecule has 0 unspecified atom stereocenters. The minimum atomic E-state index is 0.349. The highest BCUT2D eigenvalue weighted by molar-refractivity contribution is 5.49. The van der Waals surface area contributed by atoms with Crippen LogP contribution in [0, 0.1) is 0 Å². The average molecular weight is 236 g/mol. The van der Waals surface area contributed by atoms with Gasteiger partial charge in [0.1, 0.15) is 17.5 Å². The third kappa shape index (κ3) is 3.88. The zero-order chi connectivity index (χ0) is 12.8. The van der Waals surface area contributed by atoms with Crippen molar-refractivity contribution >= 4 is 11.6 Å². The number of nitrogens with one attached hydrogen (secondary N) is 1. The van der Waals surface area contributed by atoms with Crippen LogP contribution >= 0.6 is 0 Å². The second kappa shape index (κ2) is 6.42. The Morgan fingerprint density at radius 2 is 2.00 bits per heavy atom. The van der Waals surface area contributed by atoms with E-state index in [1.165, 1.54) is 0 Å². The highest BCUT2D eigenvalue weighted by Crippen LogP contribution is 2.19. The first-order valence-corrected chi connectivity index (χ1v) is 6.42. The molecule has 0 saturated carbocycles. The number of aromatic nitrogens is 2. The van der Waals surface area contributed by atoms with E-state index >= 15 is 0 Å². The molecule has 0 spiro atoms. The average Bonchev–Trinajstić information content (AvgIpc) is 2.29. The Hall–Kier alpha value is -1.32. The standard InChI is InChI=1S/C13H24N4/c1-6-8-17(5)12-9-11(14-7-2)15-13(16-12)10(3)4/h9-10H,6-8H2,1-5H3,(H,14,15,16). The van der Waals surface area contributed by atoms with Crippen molar-refractivity contribution in [1.82, 2.24) is 9.97 Å². The maximum absolute atomic E-state index is 4.61. The summed E-state index contributed by atoms with van der Waals surface area (Å²) in [5.41, 5.74) is 0. The van der Waals surface area contributed by atoms with Crippen molar-refractivity contribution in [1.29, 1.82) is 0 Å². The van der Waals surface area contributed by atoms with Gasteiger partial charge in [0, 0.05) is 32.1 Å². The summed E-state index contributed by atoms with van der Waals surface area (Å²) in [6.07, 6.45) is 1.12. The van der Waals surface area contributed by atoms with Crippen LogP contribution in [0.1, 0.15) is 45.9 Å². The minimum absolute atomic E-state index is 0.349. The number of nitrogens with zero attached hydrogens (tertiary/aromatic N) is 3. The number of anilines is 2. The van der Waals surface area contributed by atoms with E-state index in [4.69, 9.17) is 0 Å². The van der Waals surface area contributed by atoms with Crippen molar-refractivity contribution < 1.29 is 0 Å². The third-order valence-electron chi connectivity index (χ3n) is 2.55. The molecule has 0 atom stereocenters. The summed E-state index contributed by atoms with van der Waals surface area (Å²) >= 11 is 0. The van der Waals surface area contributed by atoms with Gasteiger partial charge in [-0.25, -0.2) is 9.97 Å². The van der Waals surface area contributed by atoms with Crippen LogP contribution in [0.3, 0.4) is 0 Å². The van der Waals surface area contributed by atoms with Crippen molar-refractivity contribution in [3.8, 4) is 0 Å². The van der Waals surface area contributed by atoms with E-state index in [0.717, 1.165) is 37.0 Å². The molecule has 0 aliphatic heterocycles. The molecule has 0 aromatic carbocycles. The first-order chi connectivity index (χ1) is 8.08. The molecule has 0 saturated heterocycles.